The number of benzene rings is 2. The number of ether oxygens (including phenoxy) is 2. The Morgan fingerprint density at radius 3 is 2.07 bits per heavy atom. The van der Waals surface area contributed by atoms with Gasteiger partial charge >= 0.3 is 6.16 Å². The van der Waals surface area contributed by atoms with Crippen molar-refractivity contribution in [3.63, 3.8) is 0 Å². The number of carbonyl (C=O) groups is 1. The molecular formula is C27H38O3. The van der Waals surface area contributed by atoms with Crippen LogP contribution in [0.2, 0.25) is 0 Å². The zero-order chi connectivity index (χ0) is 21.4. The summed E-state index contributed by atoms with van der Waals surface area (Å²) in [6, 6.07) is 17.8. The largest absolute Gasteiger partial charge is 0.514 e. The van der Waals surface area contributed by atoms with Crippen molar-refractivity contribution < 1.29 is 14.3 Å². The molecule has 2 rings (SSSR count). The Balaban J connectivity index is 1.85. The first-order valence-corrected chi connectivity index (χ1v) is 11.7. The van der Waals surface area contributed by atoms with Crippen molar-refractivity contribution in [2.45, 2.75) is 90.6 Å². The van der Waals surface area contributed by atoms with E-state index in [9.17, 15) is 4.79 Å². The lowest BCUT2D eigenvalue weighted by atomic mass is 10.0. The summed E-state index contributed by atoms with van der Waals surface area (Å²) >= 11 is 0. The fourth-order valence-electron chi connectivity index (χ4n) is 3.61. The molecule has 0 spiro atoms. The molecule has 0 aromatic heterocycles. The number of aryl methyl sites for hydroxylation is 1. The lowest BCUT2D eigenvalue weighted by Crippen LogP contribution is -2.15. The Bertz CT molecular complexity index is 694. The fourth-order valence-corrected chi connectivity index (χ4v) is 3.61. The van der Waals surface area contributed by atoms with Crippen molar-refractivity contribution in [3.05, 3.63) is 65.7 Å². The molecule has 0 aliphatic heterocycles. The maximum atomic E-state index is 12.4. The molecule has 0 N–H and O–H groups in total. The van der Waals surface area contributed by atoms with E-state index in [1.54, 1.807) is 0 Å². The van der Waals surface area contributed by atoms with Crippen LogP contribution in [0.4, 0.5) is 4.79 Å². The van der Waals surface area contributed by atoms with Crippen LogP contribution in [-0.2, 0) is 11.2 Å². The van der Waals surface area contributed by atoms with Crippen molar-refractivity contribution in [2.75, 3.05) is 0 Å². The molecule has 1 atom stereocenters. The first kappa shape index (κ1) is 24.0. The Labute approximate surface area is 182 Å². The number of hydrogen-bond acceptors (Lipinski definition) is 3. The summed E-state index contributed by atoms with van der Waals surface area (Å²) in [7, 11) is 0. The zero-order valence-corrected chi connectivity index (χ0v) is 18.8. The molecule has 0 bridgehead atoms. The molecule has 0 heterocycles. The van der Waals surface area contributed by atoms with E-state index in [0.29, 0.717) is 5.75 Å². The SMILES string of the molecule is CCCCCCCC(OC(=O)Oc1ccc(CCCCCC)cc1)c1ccccc1. The zero-order valence-electron chi connectivity index (χ0n) is 18.8. The molecule has 0 fully saturated rings. The minimum atomic E-state index is -0.631. The molecule has 0 aliphatic rings. The molecule has 164 valence electrons. The molecule has 0 radical (unpaired) electrons. The van der Waals surface area contributed by atoms with Crippen LogP contribution < -0.4 is 4.74 Å². The van der Waals surface area contributed by atoms with Gasteiger partial charge < -0.3 is 9.47 Å². The molecule has 2 aromatic rings. The summed E-state index contributed by atoms with van der Waals surface area (Å²) in [5.41, 5.74) is 2.30. The van der Waals surface area contributed by atoms with Crippen LogP contribution in [0.15, 0.2) is 54.6 Å². The highest BCUT2D eigenvalue weighted by Crippen LogP contribution is 2.25. The van der Waals surface area contributed by atoms with E-state index in [2.05, 4.69) is 13.8 Å². The van der Waals surface area contributed by atoms with E-state index in [4.69, 9.17) is 9.47 Å². The van der Waals surface area contributed by atoms with Gasteiger partial charge in [-0.3, -0.25) is 0 Å². The number of unbranched alkanes of at least 4 members (excludes halogenated alkanes) is 7. The minimum Gasteiger partial charge on any atom is -0.426 e. The Hall–Kier alpha value is -2.29. The molecule has 2 aromatic carbocycles. The monoisotopic (exact) mass is 410 g/mol. The summed E-state index contributed by atoms with van der Waals surface area (Å²) in [6.45, 7) is 4.44. The van der Waals surface area contributed by atoms with Crippen molar-refractivity contribution in [2.24, 2.45) is 0 Å². The third kappa shape index (κ3) is 9.47. The highest BCUT2D eigenvalue weighted by atomic mass is 16.7. The summed E-state index contributed by atoms with van der Waals surface area (Å²) in [6.07, 6.45) is 11.9. The fraction of sp³-hybridized carbons (Fsp3) is 0.519. The topological polar surface area (TPSA) is 35.5 Å². The van der Waals surface area contributed by atoms with Gasteiger partial charge in [-0.25, -0.2) is 4.79 Å². The van der Waals surface area contributed by atoms with Gasteiger partial charge in [0, 0.05) is 0 Å². The maximum absolute atomic E-state index is 12.4. The maximum Gasteiger partial charge on any atom is 0.514 e. The van der Waals surface area contributed by atoms with E-state index >= 15 is 0 Å². The van der Waals surface area contributed by atoms with E-state index in [-0.39, 0.29) is 6.10 Å². The molecule has 1 unspecified atom stereocenters. The average Bonchev–Trinajstić information content (AvgIpc) is 2.77. The lowest BCUT2D eigenvalue weighted by molar-refractivity contribution is 0.0528. The van der Waals surface area contributed by atoms with Gasteiger partial charge in [-0.1, -0.05) is 101 Å². The first-order valence-electron chi connectivity index (χ1n) is 11.7. The summed E-state index contributed by atoms with van der Waals surface area (Å²) in [5, 5.41) is 0. The van der Waals surface area contributed by atoms with E-state index in [1.165, 1.54) is 50.5 Å². The molecule has 0 saturated heterocycles. The second-order valence-corrected chi connectivity index (χ2v) is 8.03. The van der Waals surface area contributed by atoms with Gasteiger partial charge in [0.25, 0.3) is 0 Å². The normalized spacial score (nSPS) is 11.8. The summed E-state index contributed by atoms with van der Waals surface area (Å²) < 4.78 is 11.2. The van der Waals surface area contributed by atoms with E-state index < -0.39 is 6.16 Å². The van der Waals surface area contributed by atoms with Crippen LogP contribution in [0.5, 0.6) is 5.75 Å². The van der Waals surface area contributed by atoms with Gasteiger partial charge in [-0.05, 0) is 48.9 Å². The van der Waals surface area contributed by atoms with Crippen LogP contribution in [-0.4, -0.2) is 6.16 Å². The number of hydrogen-bond donors (Lipinski definition) is 0. The predicted molar refractivity (Wildman–Crippen MR) is 124 cm³/mol. The van der Waals surface area contributed by atoms with Crippen molar-refractivity contribution >= 4 is 6.16 Å². The number of rotatable bonds is 14. The second kappa shape index (κ2) is 14.7. The van der Waals surface area contributed by atoms with Crippen molar-refractivity contribution in [1.82, 2.24) is 0 Å². The summed E-state index contributed by atoms with van der Waals surface area (Å²) in [5.74, 6) is 0.534. The molecule has 0 aliphatic carbocycles. The standard InChI is InChI=1S/C27H38O3/c1-3-5-7-9-14-18-26(24-16-12-10-13-17-24)30-27(28)29-25-21-19-23(20-22-25)15-11-8-6-4-2/h10,12-13,16-17,19-22,26H,3-9,11,14-15,18H2,1-2H3. The Morgan fingerprint density at radius 1 is 0.767 bits per heavy atom. The molecule has 0 amide bonds. The second-order valence-electron chi connectivity index (χ2n) is 8.03. The summed E-state index contributed by atoms with van der Waals surface area (Å²) in [4.78, 5) is 12.4. The third-order valence-corrected chi connectivity index (χ3v) is 5.42. The molecule has 3 nitrogen and oxygen atoms in total. The van der Waals surface area contributed by atoms with Gasteiger partial charge in [0.15, 0.2) is 0 Å². The van der Waals surface area contributed by atoms with Crippen LogP contribution in [0.25, 0.3) is 0 Å². The minimum absolute atomic E-state index is 0.266. The first-order chi connectivity index (χ1) is 14.7. The van der Waals surface area contributed by atoms with E-state index in [0.717, 1.165) is 31.2 Å². The Kier molecular flexibility index (Phi) is 11.7. The quantitative estimate of drug-likeness (QED) is 0.178. The predicted octanol–water partition coefficient (Wildman–Crippen LogP) is 8.43. The molecule has 30 heavy (non-hydrogen) atoms. The lowest BCUT2D eigenvalue weighted by Gasteiger charge is -2.18. The van der Waals surface area contributed by atoms with Gasteiger partial charge in [-0.2, -0.15) is 0 Å². The molecule has 3 heteroatoms. The third-order valence-electron chi connectivity index (χ3n) is 5.42. The molecule has 0 saturated carbocycles. The smallest absolute Gasteiger partial charge is 0.426 e. The van der Waals surface area contributed by atoms with Crippen molar-refractivity contribution in [3.8, 4) is 5.75 Å². The van der Waals surface area contributed by atoms with Crippen molar-refractivity contribution in [1.29, 1.82) is 0 Å². The van der Waals surface area contributed by atoms with Gasteiger partial charge in [0.05, 0.1) is 0 Å². The molecular weight excluding hydrogens is 372 g/mol. The van der Waals surface area contributed by atoms with Gasteiger partial charge in [0.1, 0.15) is 11.9 Å². The van der Waals surface area contributed by atoms with Crippen LogP contribution in [0.3, 0.4) is 0 Å². The van der Waals surface area contributed by atoms with Crippen LogP contribution >= 0.6 is 0 Å². The highest BCUT2D eigenvalue weighted by Gasteiger charge is 2.18. The van der Waals surface area contributed by atoms with Gasteiger partial charge in [0.2, 0.25) is 0 Å². The highest BCUT2D eigenvalue weighted by molar-refractivity contribution is 5.64. The number of carbonyl (C=O) groups excluding carboxylic acids is 1. The van der Waals surface area contributed by atoms with Gasteiger partial charge in [-0.15, -0.1) is 0 Å². The van der Waals surface area contributed by atoms with Crippen LogP contribution in [0, 0.1) is 0 Å². The Morgan fingerprint density at radius 2 is 1.40 bits per heavy atom. The van der Waals surface area contributed by atoms with E-state index in [1.807, 2.05) is 54.6 Å². The van der Waals surface area contributed by atoms with Crippen LogP contribution in [0.1, 0.15) is 95.3 Å². The average molecular weight is 411 g/mol.